The third kappa shape index (κ3) is 4.17. The summed E-state index contributed by atoms with van der Waals surface area (Å²) in [5.41, 5.74) is 0. The quantitative estimate of drug-likeness (QED) is 0.631. The van der Waals surface area contributed by atoms with Crippen LogP contribution in [0.3, 0.4) is 0 Å². The Kier molecular flexibility index (Phi) is 5.74. The lowest BCUT2D eigenvalue weighted by molar-refractivity contribution is -0.139. The predicted molar refractivity (Wildman–Crippen MR) is 116 cm³/mol. The Bertz CT molecular complexity index is 1140. The lowest BCUT2D eigenvalue weighted by Crippen LogP contribution is -2.53. The lowest BCUT2D eigenvalue weighted by atomic mass is 10.1. The molecular weight excluding hydrogens is 400 g/mol. The van der Waals surface area contributed by atoms with Crippen molar-refractivity contribution in [3.63, 3.8) is 0 Å². The molecule has 1 amide bonds. The molecule has 3 aromatic rings. The van der Waals surface area contributed by atoms with Crippen LogP contribution in [-0.2, 0) is 14.8 Å². The number of piperazine rings is 1. The molecule has 1 saturated heterocycles. The second-order valence-corrected chi connectivity index (χ2v) is 9.25. The van der Waals surface area contributed by atoms with Crippen molar-refractivity contribution < 1.29 is 17.9 Å². The topological polar surface area (TPSA) is 66.9 Å². The molecule has 1 aliphatic heterocycles. The first-order valence-corrected chi connectivity index (χ1v) is 11.4. The fourth-order valence-corrected chi connectivity index (χ4v) is 5.09. The highest BCUT2D eigenvalue weighted by Gasteiger charge is 2.31. The molecule has 0 bridgehead atoms. The van der Waals surface area contributed by atoms with Gasteiger partial charge in [-0.1, -0.05) is 48.5 Å². The van der Waals surface area contributed by atoms with Crippen LogP contribution < -0.4 is 4.74 Å². The molecule has 6 nitrogen and oxygen atoms in total. The zero-order chi connectivity index (χ0) is 21.1. The molecule has 0 aliphatic carbocycles. The van der Waals surface area contributed by atoms with Crippen LogP contribution in [0.25, 0.3) is 10.8 Å². The molecule has 0 radical (unpaired) electrons. The fourth-order valence-electron chi connectivity index (χ4n) is 3.64. The minimum absolute atomic E-state index is 0.139. The van der Waals surface area contributed by atoms with Crippen molar-refractivity contribution in [2.75, 3.05) is 26.2 Å². The molecule has 3 aromatic carbocycles. The van der Waals surface area contributed by atoms with E-state index in [1.807, 2.05) is 42.5 Å². The van der Waals surface area contributed by atoms with Gasteiger partial charge in [0.25, 0.3) is 5.91 Å². The maximum absolute atomic E-state index is 12.8. The second-order valence-electron chi connectivity index (χ2n) is 7.31. The van der Waals surface area contributed by atoms with Crippen LogP contribution >= 0.6 is 0 Å². The summed E-state index contributed by atoms with van der Waals surface area (Å²) in [5, 5.41) is 2.16. The van der Waals surface area contributed by atoms with Gasteiger partial charge in [0.1, 0.15) is 5.75 Å². The minimum Gasteiger partial charge on any atom is -0.481 e. The van der Waals surface area contributed by atoms with Crippen LogP contribution in [-0.4, -0.2) is 55.8 Å². The van der Waals surface area contributed by atoms with E-state index >= 15 is 0 Å². The SMILES string of the molecule is CC(Oc1ccc2ccccc2c1)C(=O)N1CCN(S(=O)(=O)c2ccccc2)CC1. The summed E-state index contributed by atoms with van der Waals surface area (Å²) < 4.78 is 32.8. The summed E-state index contributed by atoms with van der Waals surface area (Å²) in [6, 6.07) is 22.1. The van der Waals surface area contributed by atoms with Gasteiger partial charge in [-0.15, -0.1) is 0 Å². The summed E-state index contributed by atoms with van der Waals surface area (Å²) in [6.45, 7) is 2.95. The number of carbonyl (C=O) groups is 1. The number of fused-ring (bicyclic) bond motifs is 1. The van der Waals surface area contributed by atoms with Crippen molar-refractivity contribution >= 4 is 26.7 Å². The average Bonchev–Trinajstić information content (AvgIpc) is 2.79. The number of hydrogen-bond acceptors (Lipinski definition) is 4. The Hall–Kier alpha value is -2.90. The number of benzene rings is 3. The van der Waals surface area contributed by atoms with E-state index in [9.17, 15) is 13.2 Å². The Morgan fingerprint density at radius 2 is 1.50 bits per heavy atom. The number of nitrogens with zero attached hydrogens (tertiary/aromatic N) is 2. The van der Waals surface area contributed by atoms with Gasteiger partial charge < -0.3 is 9.64 Å². The molecule has 156 valence electrons. The molecule has 7 heteroatoms. The van der Waals surface area contributed by atoms with Crippen LogP contribution in [0, 0.1) is 0 Å². The van der Waals surface area contributed by atoms with Crippen molar-refractivity contribution in [3.8, 4) is 5.75 Å². The van der Waals surface area contributed by atoms with Gasteiger partial charge in [0, 0.05) is 26.2 Å². The summed E-state index contributed by atoms with van der Waals surface area (Å²) in [5.74, 6) is 0.500. The van der Waals surface area contributed by atoms with Crippen LogP contribution in [0.4, 0.5) is 0 Å². The zero-order valence-electron chi connectivity index (χ0n) is 16.8. The van der Waals surface area contributed by atoms with Gasteiger partial charge in [0.05, 0.1) is 4.90 Å². The molecule has 1 fully saturated rings. The third-order valence-electron chi connectivity index (χ3n) is 5.31. The Balaban J connectivity index is 1.37. The summed E-state index contributed by atoms with van der Waals surface area (Å²) in [6.07, 6.45) is -0.650. The molecule has 1 unspecified atom stereocenters. The van der Waals surface area contributed by atoms with Gasteiger partial charge in [0.15, 0.2) is 6.10 Å². The number of ether oxygens (including phenoxy) is 1. The van der Waals surface area contributed by atoms with Crippen LogP contribution in [0.2, 0.25) is 0 Å². The second kappa shape index (κ2) is 8.45. The van der Waals surface area contributed by atoms with E-state index in [0.717, 1.165) is 10.8 Å². The van der Waals surface area contributed by atoms with E-state index in [1.54, 1.807) is 42.2 Å². The van der Waals surface area contributed by atoms with Gasteiger partial charge >= 0.3 is 0 Å². The molecule has 1 atom stereocenters. The zero-order valence-corrected chi connectivity index (χ0v) is 17.6. The molecule has 0 spiro atoms. The molecule has 4 rings (SSSR count). The summed E-state index contributed by atoms with van der Waals surface area (Å²) in [4.78, 5) is 14.8. The third-order valence-corrected chi connectivity index (χ3v) is 7.23. The smallest absolute Gasteiger partial charge is 0.263 e. The minimum atomic E-state index is -3.54. The predicted octanol–water partition coefficient (Wildman–Crippen LogP) is 3.14. The van der Waals surface area contributed by atoms with E-state index in [0.29, 0.717) is 18.8 Å². The molecule has 0 saturated carbocycles. The maximum Gasteiger partial charge on any atom is 0.263 e. The van der Waals surface area contributed by atoms with Gasteiger partial charge in [-0.05, 0) is 42.0 Å². The van der Waals surface area contributed by atoms with E-state index in [-0.39, 0.29) is 23.9 Å². The monoisotopic (exact) mass is 424 g/mol. The van der Waals surface area contributed by atoms with Crippen LogP contribution in [0.5, 0.6) is 5.75 Å². The first-order valence-electron chi connectivity index (χ1n) is 9.94. The van der Waals surface area contributed by atoms with Crippen molar-refractivity contribution in [2.24, 2.45) is 0 Å². The van der Waals surface area contributed by atoms with Gasteiger partial charge in [-0.25, -0.2) is 8.42 Å². The van der Waals surface area contributed by atoms with Crippen molar-refractivity contribution in [1.82, 2.24) is 9.21 Å². The van der Waals surface area contributed by atoms with Crippen molar-refractivity contribution in [3.05, 3.63) is 72.8 Å². The highest BCUT2D eigenvalue weighted by Crippen LogP contribution is 2.22. The molecule has 30 heavy (non-hydrogen) atoms. The first-order chi connectivity index (χ1) is 14.4. The molecule has 1 aliphatic rings. The van der Waals surface area contributed by atoms with E-state index in [4.69, 9.17) is 4.74 Å². The molecular formula is C23H24N2O4S. The van der Waals surface area contributed by atoms with Crippen LogP contribution in [0.15, 0.2) is 77.7 Å². The maximum atomic E-state index is 12.8. The number of carbonyl (C=O) groups excluding carboxylic acids is 1. The number of hydrogen-bond donors (Lipinski definition) is 0. The summed E-state index contributed by atoms with van der Waals surface area (Å²) in [7, 11) is -3.54. The number of rotatable bonds is 5. The first kappa shape index (κ1) is 20.4. The fraction of sp³-hybridized carbons (Fsp3) is 0.261. The lowest BCUT2D eigenvalue weighted by Gasteiger charge is -2.35. The highest BCUT2D eigenvalue weighted by atomic mass is 32.2. The van der Waals surface area contributed by atoms with E-state index < -0.39 is 16.1 Å². The Morgan fingerprint density at radius 3 is 2.20 bits per heavy atom. The summed E-state index contributed by atoms with van der Waals surface area (Å²) >= 11 is 0. The number of amides is 1. The van der Waals surface area contributed by atoms with Gasteiger partial charge in [0.2, 0.25) is 10.0 Å². The Morgan fingerprint density at radius 1 is 0.867 bits per heavy atom. The van der Waals surface area contributed by atoms with Gasteiger partial charge in [-0.3, -0.25) is 4.79 Å². The standard InChI is InChI=1S/C23H24N2O4S/c1-18(29-21-12-11-19-7-5-6-8-20(19)17-21)23(26)24-13-15-25(16-14-24)30(27,28)22-9-3-2-4-10-22/h2-12,17-18H,13-16H2,1H3. The van der Waals surface area contributed by atoms with Crippen molar-refractivity contribution in [2.45, 2.75) is 17.9 Å². The van der Waals surface area contributed by atoms with E-state index in [2.05, 4.69) is 0 Å². The largest absolute Gasteiger partial charge is 0.481 e. The van der Waals surface area contributed by atoms with Gasteiger partial charge in [-0.2, -0.15) is 4.31 Å². The molecule has 1 heterocycles. The molecule has 0 aromatic heterocycles. The Labute approximate surface area is 176 Å². The molecule has 0 N–H and O–H groups in total. The van der Waals surface area contributed by atoms with E-state index in [1.165, 1.54) is 4.31 Å². The highest BCUT2D eigenvalue weighted by molar-refractivity contribution is 7.89. The van der Waals surface area contributed by atoms with Crippen molar-refractivity contribution in [1.29, 1.82) is 0 Å². The normalized spacial score (nSPS) is 16.4. The number of sulfonamides is 1. The average molecular weight is 425 g/mol. The van der Waals surface area contributed by atoms with Crippen LogP contribution in [0.1, 0.15) is 6.92 Å².